The molecule has 168 valence electrons. The first-order chi connectivity index (χ1) is 14.3. The average Bonchev–Trinajstić information content (AvgIpc) is 3.42. The Balaban J connectivity index is 1.31. The van der Waals surface area contributed by atoms with E-state index in [4.69, 9.17) is 18.9 Å². The fraction of sp³-hybridized carbons (Fsp3) is 0.920. The first-order valence-corrected chi connectivity index (χ1v) is 12.2. The van der Waals surface area contributed by atoms with E-state index in [2.05, 4.69) is 26.8 Å². The molecule has 0 unspecified atom stereocenters. The van der Waals surface area contributed by atoms with Gasteiger partial charge in [-0.25, -0.2) is 0 Å². The highest BCUT2D eigenvalue weighted by Gasteiger charge is 2.66. The van der Waals surface area contributed by atoms with Crippen LogP contribution in [0.5, 0.6) is 0 Å². The molecule has 30 heavy (non-hydrogen) atoms. The highest BCUT2D eigenvalue weighted by molar-refractivity contribution is 5.27. The molecule has 5 nitrogen and oxygen atoms in total. The van der Waals surface area contributed by atoms with Gasteiger partial charge in [-0.3, -0.25) is 0 Å². The first kappa shape index (κ1) is 20.2. The molecule has 2 heterocycles. The number of hydrogen-bond acceptors (Lipinski definition) is 5. The predicted molar refractivity (Wildman–Crippen MR) is 112 cm³/mol. The molecule has 0 bridgehead atoms. The van der Waals surface area contributed by atoms with Crippen molar-refractivity contribution in [2.45, 2.75) is 83.4 Å². The van der Waals surface area contributed by atoms with Gasteiger partial charge in [0.1, 0.15) is 0 Å². The lowest BCUT2D eigenvalue weighted by Gasteiger charge is -2.59. The van der Waals surface area contributed by atoms with Gasteiger partial charge < -0.3 is 24.1 Å². The lowest BCUT2D eigenvalue weighted by molar-refractivity contribution is -0.217. The van der Waals surface area contributed by atoms with Crippen LogP contribution in [0.1, 0.15) is 65.7 Å². The van der Waals surface area contributed by atoms with Crippen molar-refractivity contribution in [3.63, 3.8) is 0 Å². The number of rotatable bonds is 1. The second-order valence-electron chi connectivity index (χ2n) is 11.6. The Kier molecular flexibility index (Phi) is 4.40. The molecule has 0 radical (unpaired) electrons. The molecule has 0 amide bonds. The Labute approximate surface area is 180 Å². The lowest BCUT2D eigenvalue weighted by Crippen LogP contribution is -2.55. The third-order valence-electron chi connectivity index (χ3n) is 10.4. The standard InChI is InChI=1S/C25H38O5/c1-22-8-9-25(29-12-13-30-25)15-16(22)4-5-17-18(22)6-7-23(2)20(14-19(26)21(17)23)24(3)27-10-11-28-24/h4,17-21,26H,5-15H2,1-3H3/t17-,18+,19+,20+,21-,22+,23-/m1/s1. The summed E-state index contributed by atoms with van der Waals surface area (Å²) in [7, 11) is 0. The molecule has 3 saturated carbocycles. The second kappa shape index (κ2) is 6.54. The van der Waals surface area contributed by atoms with Crippen LogP contribution >= 0.6 is 0 Å². The van der Waals surface area contributed by atoms with Gasteiger partial charge >= 0.3 is 0 Å². The summed E-state index contributed by atoms with van der Waals surface area (Å²) < 4.78 is 24.3. The van der Waals surface area contributed by atoms with Crippen LogP contribution in [-0.4, -0.2) is 49.2 Å². The Morgan fingerprint density at radius 2 is 1.63 bits per heavy atom. The Bertz CT molecular complexity index is 736. The van der Waals surface area contributed by atoms with Crippen LogP contribution in [-0.2, 0) is 18.9 Å². The molecule has 5 fully saturated rings. The topological polar surface area (TPSA) is 57.2 Å². The first-order valence-electron chi connectivity index (χ1n) is 12.2. The number of aliphatic hydroxyl groups is 1. The van der Waals surface area contributed by atoms with Crippen molar-refractivity contribution in [2.24, 2.45) is 34.5 Å². The van der Waals surface area contributed by atoms with Crippen LogP contribution in [0.15, 0.2) is 11.6 Å². The van der Waals surface area contributed by atoms with Gasteiger partial charge in [-0.1, -0.05) is 25.5 Å². The number of aliphatic hydroxyl groups excluding tert-OH is 1. The SMILES string of the molecule is CC1([C@H]2C[C@H](O)[C@H]3[C@@H]4CC=C5CC6(CC[C@]5(C)[C@H]4CC[C@@]32C)OCCO6)OCCO1. The summed E-state index contributed by atoms with van der Waals surface area (Å²) in [5.74, 6) is 0.885. The Morgan fingerprint density at radius 3 is 2.37 bits per heavy atom. The number of fused-ring (bicyclic) bond motifs is 5. The summed E-state index contributed by atoms with van der Waals surface area (Å²) >= 11 is 0. The number of allylic oxidation sites excluding steroid dienone is 1. The Hall–Kier alpha value is -0.460. The summed E-state index contributed by atoms with van der Waals surface area (Å²) in [5, 5.41) is 11.3. The minimum absolute atomic E-state index is 0.0783. The van der Waals surface area contributed by atoms with E-state index in [9.17, 15) is 5.11 Å². The van der Waals surface area contributed by atoms with Crippen molar-refractivity contribution in [3.8, 4) is 0 Å². The van der Waals surface area contributed by atoms with Gasteiger partial charge in [-0.2, -0.15) is 0 Å². The zero-order valence-corrected chi connectivity index (χ0v) is 18.8. The molecule has 2 aliphatic heterocycles. The van der Waals surface area contributed by atoms with E-state index in [0.717, 1.165) is 51.7 Å². The molecular formula is C25H38O5. The third-order valence-corrected chi connectivity index (χ3v) is 10.4. The normalized spacial score (nSPS) is 51.3. The highest BCUT2D eigenvalue weighted by Crippen LogP contribution is 2.68. The van der Waals surface area contributed by atoms with Crippen LogP contribution < -0.4 is 0 Å². The van der Waals surface area contributed by atoms with Crippen molar-refractivity contribution in [1.29, 1.82) is 0 Å². The van der Waals surface area contributed by atoms with Gasteiger partial charge in [0.15, 0.2) is 11.6 Å². The third kappa shape index (κ3) is 2.59. The molecule has 0 aromatic heterocycles. The van der Waals surface area contributed by atoms with Gasteiger partial charge in [-0.15, -0.1) is 0 Å². The van der Waals surface area contributed by atoms with Crippen LogP contribution in [0, 0.1) is 34.5 Å². The minimum Gasteiger partial charge on any atom is -0.393 e. The molecule has 6 aliphatic rings. The Morgan fingerprint density at radius 1 is 0.933 bits per heavy atom. The number of hydrogen-bond donors (Lipinski definition) is 1. The van der Waals surface area contributed by atoms with E-state index in [1.165, 1.54) is 6.42 Å². The van der Waals surface area contributed by atoms with Crippen LogP contribution in [0.3, 0.4) is 0 Å². The maximum atomic E-state index is 11.3. The smallest absolute Gasteiger partial charge is 0.172 e. The van der Waals surface area contributed by atoms with E-state index >= 15 is 0 Å². The molecule has 6 rings (SSSR count). The molecule has 5 heteroatoms. The monoisotopic (exact) mass is 418 g/mol. The van der Waals surface area contributed by atoms with E-state index in [0.29, 0.717) is 31.0 Å². The largest absolute Gasteiger partial charge is 0.393 e. The van der Waals surface area contributed by atoms with Gasteiger partial charge in [0.2, 0.25) is 0 Å². The van der Waals surface area contributed by atoms with Crippen LogP contribution in [0.2, 0.25) is 0 Å². The zero-order valence-electron chi connectivity index (χ0n) is 18.8. The van der Waals surface area contributed by atoms with Crippen molar-refractivity contribution < 1.29 is 24.1 Å². The summed E-state index contributed by atoms with van der Waals surface area (Å²) in [6.07, 6.45) is 9.58. The fourth-order valence-corrected chi connectivity index (χ4v) is 8.96. The molecule has 4 aliphatic carbocycles. The summed E-state index contributed by atoms with van der Waals surface area (Å²) in [4.78, 5) is 0. The summed E-state index contributed by atoms with van der Waals surface area (Å²) in [6.45, 7) is 9.82. The van der Waals surface area contributed by atoms with Gasteiger partial charge in [0.05, 0.1) is 32.5 Å². The van der Waals surface area contributed by atoms with Crippen LogP contribution in [0.4, 0.5) is 0 Å². The highest BCUT2D eigenvalue weighted by atomic mass is 16.7. The molecule has 2 saturated heterocycles. The van der Waals surface area contributed by atoms with Gasteiger partial charge in [0, 0.05) is 18.8 Å². The van der Waals surface area contributed by atoms with E-state index in [1.807, 2.05) is 0 Å². The maximum absolute atomic E-state index is 11.3. The second-order valence-corrected chi connectivity index (χ2v) is 11.6. The van der Waals surface area contributed by atoms with E-state index in [1.54, 1.807) is 5.57 Å². The van der Waals surface area contributed by atoms with Crippen LogP contribution in [0.25, 0.3) is 0 Å². The molecule has 0 aromatic carbocycles. The van der Waals surface area contributed by atoms with Gasteiger partial charge in [-0.05, 0) is 67.6 Å². The van der Waals surface area contributed by atoms with Crippen molar-refractivity contribution in [3.05, 3.63) is 11.6 Å². The number of ether oxygens (including phenoxy) is 4. The van der Waals surface area contributed by atoms with Gasteiger partial charge in [0.25, 0.3) is 0 Å². The van der Waals surface area contributed by atoms with Crippen molar-refractivity contribution in [1.82, 2.24) is 0 Å². The average molecular weight is 419 g/mol. The molecule has 7 atom stereocenters. The summed E-state index contributed by atoms with van der Waals surface area (Å²) in [5.41, 5.74) is 1.85. The lowest BCUT2D eigenvalue weighted by atomic mass is 9.46. The molecule has 0 aromatic rings. The fourth-order valence-electron chi connectivity index (χ4n) is 8.96. The molecule has 1 N–H and O–H groups in total. The predicted octanol–water partition coefficient (Wildman–Crippen LogP) is 4.04. The van der Waals surface area contributed by atoms with E-state index in [-0.39, 0.29) is 28.6 Å². The zero-order chi connectivity index (χ0) is 20.8. The maximum Gasteiger partial charge on any atom is 0.172 e. The summed E-state index contributed by atoms with van der Waals surface area (Å²) in [6, 6.07) is 0. The van der Waals surface area contributed by atoms with E-state index < -0.39 is 5.79 Å². The quantitative estimate of drug-likeness (QED) is 0.651. The molecular weight excluding hydrogens is 380 g/mol. The molecule has 1 spiro atoms. The minimum atomic E-state index is -0.536. The van der Waals surface area contributed by atoms with Crippen molar-refractivity contribution >= 4 is 0 Å². The van der Waals surface area contributed by atoms with Crippen molar-refractivity contribution in [2.75, 3.05) is 26.4 Å².